The van der Waals surface area contributed by atoms with Crippen LogP contribution in [-0.4, -0.2) is 41.1 Å². The number of rotatable bonds is 6. The van der Waals surface area contributed by atoms with Gasteiger partial charge in [0, 0.05) is 24.7 Å². The first-order valence-electron chi connectivity index (χ1n) is 10.0. The fourth-order valence-corrected chi connectivity index (χ4v) is 4.26. The lowest BCUT2D eigenvalue weighted by atomic mass is 10.0. The standard InChI is InChI=1S/C23H27N3O3/c1-16(14-25-15-24-19-7-4-5-8-21(19)25)23(27)26-12-6-9-20(26)18-11-10-17(28-2)13-22(18)29-3/h4-5,7-8,10-11,13,15-16,20H,6,9,12,14H2,1-3H3. The summed E-state index contributed by atoms with van der Waals surface area (Å²) in [5.74, 6) is 1.55. The maximum atomic E-state index is 13.3. The maximum Gasteiger partial charge on any atom is 0.227 e. The molecule has 0 saturated carbocycles. The van der Waals surface area contributed by atoms with E-state index >= 15 is 0 Å². The number of nitrogens with zero attached hydrogens (tertiary/aromatic N) is 3. The van der Waals surface area contributed by atoms with E-state index in [0.717, 1.165) is 47.5 Å². The minimum absolute atomic E-state index is 0.0327. The Morgan fingerprint density at radius 2 is 2.03 bits per heavy atom. The molecule has 0 N–H and O–H groups in total. The summed E-state index contributed by atoms with van der Waals surface area (Å²) >= 11 is 0. The smallest absolute Gasteiger partial charge is 0.227 e. The first-order chi connectivity index (χ1) is 14.1. The SMILES string of the molecule is COc1ccc(C2CCCN2C(=O)C(C)Cn2cnc3ccccc32)c(OC)c1. The van der Waals surface area contributed by atoms with Gasteiger partial charge in [0.15, 0.2) is 0 Å². The molecule has 1 amide bonds. The van der Waals surface area contributed by atoms with Crippen molar-refractivity contribution in [2.45, 2.75) is 32.4 Å². The highest BCUT2D eigenvalue weighted by Crippen LogP contribution is 2.39. The largest absolute Gasteiger partial charge is 0.497 e. The van der Waals surface area contributed by atoms with Crippen LogP contribution in [0.15, 0.2) is 48.8 Å². The molecule has 6 heteroatoms. The van der Waals surface area contributed by atoms with E-state index in [2.05, 4.69) is 9.55 Å². The molecular formula is C23H27N3O3. The molecule has 152 valence electrons. The lowest BCUT2D eigenvalue weighted by Crippen LogP contribution is -2.36. The monoisotopic (exact) mass is 393 g/mol. The Hall–Kier alpha value is -3.02. The Morgan fingerprint density at radius 3 is 2.83 bits per heavy atom. The molecule has 2 aromatic carbocycles. The number of hydrogen-bond donors (Lipinski definition) is 0. The summed E-state index contributed by atoms with van der Waals surface area (Å²) in [5, 5.41) is 0. The Balaban J connectivity index is 1.54. The molecule has 3 aromatic rings. The van der Waals surface area contributed by atoms with E-state index in [-0.39, 0.29) is 17.9 Å². The van der Waals surface area contributed by atoms with Gasteiger partial charge in [0.1, 0.15) is 11.5 Å². The zero-order chi connectivity index (χ0) is 20.4. The Bertz CT molecular complexity index is 1010. The van der Waals surface area contributed by atoms with E-state index < -0.39 is 0 Å². The molecule has 1 saturated heterocycles. The molecule has 4 rings (SSSR count). The molecule has 1 aliphatic heterocycles. The molecule has 1 aromatic heterocycles. The van der Waals surface area contributed by atoms with Crippen LogP contribution in [0.3, 0.4) is 0 Å². The van der Waals surface area contributed by atoms with Gasteiger partial charge in [-0.1, -0.05) is 19.1 Å². The van der Waals surface area contributed by atoms with Crippen molar-refractivity contribution in [1.29, 1.82) is 0 Å². The molecule has 6 nitrogen and oxygen atoms in total. The van der Waals surface area contributed by atoms with Gasteiger partial charge in [-0.15, -0.1) is 0 Å². The first kappa shape index (κ1) is 19.3. The number of carbonyl (C=O) groups is 1. The molecule has 2 heterocycles. The zero-order valence-corrected chi connectivity index (χ0v) is 17.2. The highest BCUT2D eigenvalue weighted by molar-refractivity contribution is 5.80. The van der Waals surface area contributed by atoms with Gasteiger partial charge in [-0.3, -0.25) is 4.79 Å². The van der Waals surface area contributed by atoms with Gasteiger partial charge in [-0.05, 0) is 37.1 Å². The van der Waals surface area contributed by atoms with Crippen molar-refractivity contribution in [3.63, 3.8) is 0 Å². The Labute approximate surface area is 171 Å². The van der Waals surface area contributed by atoms with Crippen LogP contribution in [0.2, 0.25) is 0 Å². The zero-order valence-electron chi connectivity index (χ0n) is 17.2. The highest BCUT2D eigenvalue weighted by atomic mass is 16.5. The molecule has 29 heavy (non-hydrogen) atoms. The van der Waals surface area contributed by atoms with Gasteiger partial charge >= 0.3 is 0 Å². The lowest BCUT2D eigenvalue weighted by molar-refractivity contribution is -0.136. The number of fused-ring (bicyclic) bond motifs is 1. The number of likely N-dealkylation sites (tertiary alicyclic amines) is 1. The van der Waals surface area contributed by atoms with Crippen molar-refractivity contribution >= 4 is 16.9 Å². The molecule has 1 aliphatic rings. The molecule has 2 unspecified atom stereocenters. The Morgan fingerprint density at radius 1 is 1.21 bits per heavy atom. The van der Waals surface area contributed by atoms with E-state index in [1.807, 2.05) is 60.6 Å². The van der Waals surface area contributed by atoms with Crippen molar-refractivity contribution in [3.05, 3.63) is 54.4 Å². The highest BCUT2D eigenvalue weighted by Gasteiger charge is 2.34. The second kappa shape index (κ2) is 8.15. The number of amides is 1. The topological polar surface area (TPSA) is 56.6 Å². The summed E-state index contributed by atoms with van der Waals surface area (Å²) in [4.78, 5) is 19.8. The van der Waals surface area contributed by atoms with Gasteiger partial charge in [-0.25, -0.2) is 4.98 Å². The van der Waals surface area contributed by atoms with E-state index in [1.165, 1.54) is 0 Å². The van der Waals surface area contributed by atoms with Gasteiger partial charge in [0.2, 0.25) is 5.91 Å². The summed E-state index contributed by atoms with van der Waals surface area (Å²) in [5.41, 5.74) is 3.05. The second-order valence-corrected chi connectivity index (χ2v) is 7.58. The third-order valence-corrected chi connectivity index (χ3v) is 5.76. The molecule has 0 aliphatic carbocycles. The molecule has 0 spiro atoms. The fourth-order valence-electron chi connectivity index (χ4n) is 4.26. The van der Waals surface area contributed by atoms with Crippen LogP contribution in [0.1, 0.15) is 31.4 Å². The number of carbonyl (C=O) groups excluding carboxylic acids is 1. The van der Waals surface area contributed by atoms with Crippen LogP contribution >= 0.6 is 0 Å². The van der Waals surface area contributed by atoms with Crippen molar-refractivity contribution in [2.75, 3.05) is 20.8 Å². The number of aromatic nitrogens is 2. The fraction of sp³-hybridized carbons (Fsp3) is 0.391. The number of benzene rings is 2. The van der Waals surface area contributed by atoms with Crippen LogP contribution in [0.5, 0.6) is 11.5 Å². The van der Waals surface area contributed by atoms with Gasteiger partial charge in [-0.2, -0.15) is 0 Å². The Kier molecular flexibility index (Phi) is 5.43. The van der Waals surface area contributed by atoms with Crippen molar-refractivity contribution in [3.8, 4) is 11.5 Å². The summed E-state index contributed by atoms with van der Waals surface area (Å²) in [6, 6.07) is 13.9. The second-order valence-electron chi connectivity index (χ2n) is 7.58. The average molecular weight is 393 g/mol. The summed E-state index contributed by atoms with van der Waals surface area (Å²) in [6.45, 7) is 3.38. The number of para-hydroxylation sites is 2. The van der Waals surface area contributed by atoms with Crippen LogP contribution in [0, 0.1) is 5.92 Å². The van der Waals surface area contributed by atoms with Crippen LogP contribution in [-0.2, 0) is 11.3 Å². The number of hydrogen-bond acceptors (Lipinski definition) is 4. The van der Waals surface area contributed by atoms with Crippen molar-refractivity contribution < 1.29 is 14.3 Å². The van der Waals surface area contributed by atoms with Crippen LogP contribution in [0.25, 0.3) is 11.0 Å². The van der Waals surface area contributed by atoms with Crippen molar-refractivity contribution in [1.82, 2.24) is 14.5 Å². The normalized spacial score (nSPS) is 17.5. The summed E-state index contributed by atoms with van der Waals surface area (Å²) in [7, 11) is 3.30. The van der Waals surface area contributed by atoms with E-state index in [4.69, 9.17) is 9.47 Å². The van der Waals surface area contributed by atoms with E-state index in [9.17, 15) is 4.79 Å². The van der Waals surface area contributed by atoms with Crippen LogP contribution in [0.4, 0.5) is 0 Å². The van der Waals surface area contributed by atoms with Gasteiger partial charge in [0.25, 0.3) is 0 Å². The van der Waals surface area contributed by atoms with E-state index in [1.54, 1.807) is 14.2 Å². The summed E-state index contributed by atoms with van der Waals surface area (Å²) < 4.78 is 13.0. The molecular weight excluding hydrogens is 366 g/mol. The average Bonchev–Trinajstić information content (AvgIpc) is 3.40. The number of ether oxygens (including phenoxy) is 2. The minimum Gasteiger partial charge on any atom is -0.497 e. The minimum atomic E-state index is -0.141. The van der Waals surface area contributed by atoms with Gasteiger partial charge < -0.3 is 18.9 Å². The quantitative estimate of drug-likeness (QED) is 0.634. The summed E-state index contributed by atoms with van der Waals surface area (Å²) in [6.07, 6.45) is 3.75. The maximum absolute atomic E-state index is 13.3. The molecule has 2 atom stereocenters. The van der Waals surface area contributed by atoms with Gasteiger partial charge in [0.05, 0.1) is 43.5 Å². The predicted octanol–water partition coefficient (Wildman–Crippen LogP) is 4.05. The van der Waals surface area contributed by atoms with Crippen LogP contribution < -0.4 is 9.47 Å². The third-order valence-electron chi connectivity index (χ3n) is 5.76. The lowest BCUT2D eigenvalue weighted by Gasteiger charge is -2.29. The third kappa shape index (κ3) is 3.67. The van der Waals surface area contributed by atoms with Crippen molar-refractivity contribution in [2.24, 2.45) is 5.92 Å². The number of methoxy groups -OCH3 is 2. The molecule has 0 radical (unpaired) electrons. The first-order valence-corrected chi connectivity index (χ1v) is 10.0. The predicted molar refractivity (Wildman–Crippen MR) is 112 cm³/mol. The number of imidazole rings is 1. The molecule has 1 fully saturated rings. The molecule has 0 bridgehead atoms. The van der Waals surface area contributed by atoms with E-state index in [0.29, 0.717) is 6.54 Å².